The number of hydrogen-bond donors (Lipinski definition) is 3. The Morgan fingerprint density at radius 3 is 2.57 bits per heavy atom. The van der Waals surface area contributed by atoms with Crippen LogP contribution in [0, 0.1) is 5.82 Å². The molecule has 0 spiro atoms. The molecule has 0 saturated carbocycles. The predicted molar refractivity (Wildman–Crippen MR) is 47.6 cm³/mol. The molecule has 4 nitrogen and oxygen atoms in total. The van der Waals surface area contributed by atoms with Gasteiger partial charge in [0.05, 0.1) is 5.56 Å². The largest absolute Gasteiger partial charge is 0.508 e. The first-order valence-electron chi connectivity index (χ1n) is 3.94. The van der Waals surface area contributed by atoms with Gasteiger partial charge >= 0.3 is 5.97 Å². The molecule has 1 atom stereocenters. The van der Waals surface area contributed by atoms with E-state index in [-0.39, 0.29) is 11.3 Å². The monoisotopic (exact) mass is 199 g/mol. The summed E-state index contributed by atoms with van der Waals surface area (Å²) in [5.74, 6) is -2.69. The lowest BCUT2D eigenvalue weighted by Gasteiger charge is -2.09. The second-order valence-electron chi connectivity index (χ2n) is 2.98. The zero-order chi connectivity index (χ0) is 10.9. The Hall–Kier alpha value is -1.62. The van der Waals surface area contributed by atoms with E-state index >= 15 is 0 Å². The topological polar surface area (TPSA) is 83.6 Å². The fourth-order valence-corrected chi connectivity index (χ4v) is 1.11. The Labute approximate surface area is 79.8 Å². The van der Waals surface area contributed by atoms with Gasteiger partial charge in [0, 0.05) is 17.7 Å². The van der Waals surface area contributed by atoms with Gasteiger partial charge in [-0.2, -0.15) is 0 Å². The molecule has 0 bridgehead atoms. The van der Waals surface area contributed by atoms with Gasteiger partial charge in [0.15, 0.2) is 0 Å². The van der Waals surface area contributed by atoms with Gasteiger partial charge in [-0.05, 0) is 13.0 Å². The van der Waals surface area contributed by atoms with Crippen LogP contribution in [-0.4, -0.2) is 16.2 Å². The minimum atomic E-state index is -1.38. The van der Waals surface area contributed by atoms with Crippen LogP contribution in [0.5, 0.6) is 5.75 Å². The minimum Gasteiger partial charge on any atom is -0.508 e. The van der Waals surface area contributed by atoms with Crippen LogP contribution in [0.15, 0.2) is 12.1 Å². The van der Waals surface area contributed by atoms with Gasteiger partial charge in [-0.15, -0.1) is 0 Å². The van der Waals surface area contributed by atoms with Crippen LogP contribution >= 0.6 is 0 Å². The molecule has 0 aliphatic heterocycles. The molecular weight excluding hydrogens is 189 g/mol. The number of phenols is 1. The number of aromatic carboxylic acids is 1. The van der Waals surface area contributed by atoms with Gasteiger partial charge in [0.1, 0.15) is 11.6 Å². The number of carboxylic acids is 1. The van der Waals surface area contributed by atoms with Crippen LogP contribution in [0.25, 0.3) is 0 Å². The summed E-state index contributed by atoms with van der Waals surface area (Å²) >= 11 is 0. The van der Waals surface area contributed by atoms with E-state index in [2.05, 4.69) is 0 Å². The van der Waals surface area contributed by atoms with Crippen molar-refractivity contribution in [2.24, 2.45) is 5.73 Å². The molecule has 0 saturated heterocycles. The molecule has 1 rings (SSSR count). The van der Waals surface area contributed by atoms with E-state index in [9.17, 15) is 14.3 Å². The number of rotatable bonds is 2. The highest BCUT2D eigenvalue weighted by molar-refractivity contribution is 5.88. The van der Waals surface area contributed by atoms with Gasteiger partial charge in [0.25, 0.3) is 0 Å². The average Bonchev–Trinajstić information content (AvgIpc) is 2.02. The van der Waals surface area contributed by atoms with Gasteiger partial charge in [-0.3, -0.25) is 0 Å². The summed E-state index contributed by atoms with van der Waals surface area (Å²) in [5, 5.41) is 17.9. The van der Waals surface area contributed by atoms with Crippen molar-refractivity contribution in [2.75, 3.05) is 0 Å². The van der Waals surface area contributed by atoms with Gasteiger partial charge in [-0.25, -0.2) is 9.18 Å². The van der Waals surface area contributed by atoms with E-state index in [0.717, 1.165) is 12.1 Å². The number of aromatic hydroxyl groups is 1. The summed E-state index contributed by atoms with van der Waals surface area (Å²) in [7, 11) is 0. The molecule has 0 heterocycles. The van der Waals surface area contributed by atoms with E-state index in [4.69, 9.17) is 10.8 Å². The summed E-state index contributed by atoms with van der Waals surface area (Å²) in [6, 6.07) is 1.24. The highest BCUT2D eigenvalue weighted by Gasteiger charge is 2.16. The molecule has 5 heteroatoms. The zero-order valence-electron chi connectivity index (χ0n) is 7.49. The number of carbonyl (C=O) groups is 1. The maximum Gasteiger partial charge on any atom is 0.338 e. The molecule has 0 unspecified atom stereocenters. The third-order valence-electron chi connectivity index (χ3n) is 1.84. The Bertz CT molecular complexity index is 377. The van der Waals surface area contributed by atoms with E-state index in [1.807, 2.05) is 0 Å². The minimum absolute atomic E-state index is 0.212. The number of nitrogens with two attached hydrogens (primary N) is 1. The van der Waals surface area contributed by atoms with E-state index in [0.29, 0.717) is 0 Å². The van der Waals surface area contributed by atoms with Crippen LogP contribution in [0.2, 0.25) is 0 Å². The number of benzene rings is 1. The standard InChI is InChI=1S/C9H10FNO3/c1-4(11)5-2-6(9(13)14)7(10)3-8(5)12/h2-4,12H,11H2,1H3,(H,13,14)/t4-/m1/s1. The first kappa shape index (κ1) is 10.5. The molecule has 0 amide bonds. The highest BCUT2D eigenvalue weighted by atomic mass is 19.1. The molecule has 4 N–H and O–H groups in total. The molecular formula is C9H10FNO3. The molecule has 1 aromatic carbocycles. The maximum atomic E-state index is 13.0. The normalized spacial score (nSPS) is 12.5. The number of phenolic OH excluding ortho intramolecular Hbond substituents is 1. The lowest BCUT2D eigenvalue weighted by molar-refractivity contribution is 0.0691. The van der Waals surface area contributed by atoms with Crippen LogP contribution in [0.1, 0.15) is 28.9 Å². The van der Waals surface area contributed by atoms with Crippen molar-refractivity contribution in [3.8, 4) is 5.75 Å². The first-order chi connectivity index (χ1) is 6.43. The quantitative estimate of drug-likeness (QED) is 0.669. The van der Waals surface area contributed by atoms with Crippen molar-refractivity contribution in [1.82, 2.24) is 0 Å². The fourth-order valence-electron chi connectivity index (χ4n) is 1.11. The number of hydrogen-bond acceptors (Lipinski definition) is 3. The van der Waals surface area contributed by atoms with E-state index in [1.165, 1.54) is 0 Å². The molecule has 0 fully saturated rings. The first-order valence-corrected chi connectivity index (χ1v) is 3.94. The summed E-state index contributed by atoms with van der Waals surface area (Å²) in [6.45, 7) is 1.57. The molecule has 76 valence electrons. The number of halogens is 1. The summed E-state index contributed by atoms with van der Waals surface area (Å²) in [6.07, 6.45) is 0. The van der Waals surface area contributed by atoms with Crippen molar-refractivity contribution in [3.05, 3.63) is 29.1 Å². The SMILES string of the molecule is C[C@@H](N)c1cc(C(=O)O)c(F)cc1O. The molecule has 1 aromatic rings. The third-order valence-corrected chi connectivity index (χ3v) is 1.84. The summed E-state index contributed by atoms with van der Waals surface area (Å²) < 4.78 is 13.0. The van der Waals surface area contributed by atoms with Crippen molar-refractivity contribution in [1.29, 1.82) is 0 Å². The summed E-state index contributed by atoms with van der Waals surface area (Å²) in [5.41, 5.74) is 5.18. The molecule has 14 heavy (non-hydrogen) atoms. The average molecular weight is 199 g/mol. The van der Waals surface area contributed by atoms with Crippen LogP contribution in [0.3, 0.4) is 0 Å². The van der Waals surface area contributed by atoms with E-state index in [1.54, 1.807) is 6.92 Å². The Kier molecular flexibility index (Phi) is 2.71. The van der Waals surface area contributed by atoms with Gasteiger partial charge < -0.3 is 15.9 Å². The zero-order valence-corrected chi connectivity index (χ0v) is 7.49. The Morgan fingerprint density at radius 1 is 1.57 bits per heavy atom. The summed E-state index contributed by atoms with van der Waals surface area (Å²) in [4.78, 5) is 10.5. The molecule has 0 aliphatic rings. The Balaban J connectivity index is 3.34. The van der Waals surface area contributed by atoms with Gasteiger partial charge in [0.2, 0.25) is 0 Å². The molecule has 0 aromatic heterocycles. The third kappa shape index (κ3) is 1.82. The van der Waals surface area contributed by atoms with Crippen molar-refractivity contribution < 1.29 is 19.4 Å². The lowest BCUT2D eigenvalue weighted by atomic mass is 10.0. The molecule has 0 aliphatic carbocycles. The van der Waals surface area contributed by atoms with Gasteiger partial charge in [-0.1, -0.05) is 0 Å². The van der Waals surface area contributed by atoms with Crippen LogP contribution in [0.4, 0.5) is 4.39 Å². The maximum absolute atomic E-state index is 13.0. The van der Waals surface area contributed by atoms with Crippen molar-refractivity contribution in [3.63, 3.8) is 0 Å². The van der Waals surface area contributed by atoms with Crippen molar-refractivity contribution >= 4 is 5.97 Å². The fraction of sp³-hybridized carbons (Fsp3) is 0.222. The van der Waals surface area contributed by atoms with E-state index < -0.39 is 23.4 Å². The predicted octanol–water partition coefficient (Wildman–Crippen LogP) is 1.25. The van der Waals surface area contributed by atoms with Crippen LogP contribution < -0.4 is 5.73 Å². The number of carboxylic acid groups (broad SMARTS) is 1. The second kappa shape index (κ2) is 3.63. The van der Waals surface area contributed by atoms with Crippen molar-refractivity contribution in [2.45, 2.75) is 13.0 Å². The lowest BCUT2D eigenvalue weighted by Crippen LogP contribution is -2.09. The highest BCUT2D eigenvalue weighted by Crippen LogP contribution is 2.25. The molecule has 0 radical (unpaired) electrons. The van der Waals surface area contributed by atoms with Crippen LogP contribution in [-0.2, 0) is 0 Å². The smallest absolute Gasteiger partial charge is 0.338 e. The second-order valence-corrected chi connectivity index (χ2v) is 2.98. The Morgan fingerprint density at radius 2 is 2.14 bits per heavy atom.